The summed E-state index contributed by atoms with van der Waals surface area (Å²) in [6.45, 7) is 3.64. The molecule has 0 saturated heterocycles. The number of benzene rings is 2. The van der Waals surface area contributed by atoms with E-state index in [0.29, 0.717) is 17.0 Å². The molecular formula is C17H18N2O3. The number of hydrogen-bond acceptors (Lipinski definition) is 3. The molecule has 0 aliphatic heterocycles. The Kier molecular flexibility index (Phi) is 4.78. The molecule has 114 valence electrons. The highest BCUT2D eigenvalue weighted by molar-refractivity contribution is 5.97. The van der Waals surface area contributed by atoms with Crippen molar-refractivity contribution in [3.63, 3.8) is 0 Å². The van der Waals surface area contributed by atoms with Crippen molar-refractivity contribution < 1.29 is 14.3 Å². The number of nitrogens with one attached hydrogen (secondary N) is 1. The minimum Gasteiger partial charge on any atom is -0.481 e. The third-order valence-corrected chi connectivity index (χ3v) is 3.12. The number of primary amides is 1. The van der Waals surface area contributed by atoms with Crippen LogP contribution in [-0.4, -0.2) is 17.9 Å². The Morgan fingerprint density at radius 1 is 1.14 bits per heavy atom. The fourth-order valence-corrected chi connectivity index (χ4v) is 1.87. The van der Waals surface area contributed by atoms with Crippen molar-refractivity contribution in [2.24, 2.45) is 5.73 Å². The molecule has 2 aromatic rings. The predicted octanol–water partition coefficient (Wildman–Crippen LogP) is 2.50. The van der Waals surface area contributed by atoms with Crippen LogP contribution in [-0.2, 0) is 4.79 Å². The molecule has 1 atom stereocenters. The zero-order valence-electron chi connectivity index (χ0n) is 12.5. The van der Waals surface area contributed by atoms with Gasteiger partial charge in [0.05, 0.1) is 0 Å². The summed E-state index contributed by atoms with van der Waals surface area (Å²) in [6.07, 6.45) is -0.667. The third-order valence-electron chi connectivity index (χ3n) is 3.12. The molecule has 0 saturated carbocycles. The number of carbonyl (C=O) groups excluding carboxylic acids is 2. The minimum absolute atomic E-state index is 0.304. The zero-order chi connectivity index (χ0) is 16.1. The van der Waals surface area contributed by atoms with Crippen LogP contribution in [0, 0.1) is 6.92 Å². The summed E-state index contributed by atoms with van der Waals surface area (Å²) in [4.78, 5) is 23.2. The lowest BCUT2D eigenvalue weighted by Gasteiger charge is -2.15. The number of amides is 2. The average molecular weight is 298 g/mol. The van der Waals surface area contributed by atoms with E-state index in [1.807, 2.05) is 31.2 Å². The van der Waals surface area contributed by atoms with E-state index in [1.165, 1.54) is 6.07 Å². The molecule has 1 unspecified atom stereocenters. The first-order valence-electron chi connectivity index (χ1n) is 6.90. The lowest BCUT2D eigenvalue weighted by atomic mass is 10.2. The Morgan fingerprint density at radius 2 is 1.82 bits per heavy atom. The van der Waals surface area contributed by atoms with E-state index >= 15 is 0 Å². The fourth-order valence-electron chi connectivity index (χ4n) is 1.87. The van der Waals surface area contributed by atoms with Crippen molar-refractivity contribution in [3.8, 4) is 5.75 Å². The SMILES string of the molecule is Cc1ccc(OC(C)C(=O)Nc2cccc(C(N)=O)c2)cc1. The molecule has 0 bridgehead atoms. The molecule has 0 heterocycles. The van der Waals surface area contributed by atoms with Crippen LogP contribution in [0.2, 0.25) is 0 Å². The Hall–Kier alpha value is -2.82. The van der Waals surface area contributed by atoms with E-state index < -0.39 is 12.0 Å². The highest BCUT2D eigenvalue weighted by atomic mass is 16.5. The van der Waals surface area contributed by atoms with Crippen molar-refractivity contribution in [1.29, 1.82) is 0 Å². The maximum absolute atomic E-state index is 12.1. The van der Waals surface area contributed by atoms with Gasteiger partial charge in [-0.3, -0.25) is 9.59 Å². The first kappa shape index (κ1) is 15.6. The molecule has 0 aliphatic carbocycles. The Balaban J connectivity index is 2.00. The van der Waals surface area contributed by atoms with Gasteiger partial charge in [0, 0.05) is 11.3 Å². The van der Waals surface area contributed by atoms with Gasteiger partial charge in [-0.15, -0.1) is 0 Å². The summed E-state index contributed by atoms with van der Waals surface area (Å²) < 4.78 is 5.58. The number of aryl methyl sites for hydroxylation is 1. The van der Waals surface area contributed by atoms with Crippen molar-refractivity contribution >= 4 is 17.5 Å². The number of nitrogens with two attached hydrogens (primary N) is 1. The van der Waals surface area contributed by atoms with Crippen LogP contribution in [0.3, 0.4) is 0 Å². The zero-order valence-corrected chi connectivity index (χ0v) is 12.5. The van der Waals surface area contributed by atoms with Gasteiger partial charge in [-0.05, 0) is 44.2 Å². The molecule has 0 radical (unpaired) electrons. The topological polar surface area (TPSA) is 81.4 Å². The van der Waals surface area contributed by atoms with Gasteiger partial charge in [0.1, 0.15) is 5.75 Å². The van der Waals surface area contributed by atoms with Crippen LogP contribution in [0.15, 0.2) is 48.5 Å². The van der Waals surface area contributed by atoms with Crippen LogP contribution in [0.25, 0.3) is 0 Å². The highest BCUT2D eigenvalue weighted by Gasteiger charge is 2.15. The second-order valence-corrected chi connectivity index (χ2v) is 5.01. The van der Waals surface area contributed by atoms with E-state index in [4.69, 9.17) is 10.5 Å². The Bertz CT molecular complexity index is 681. The first-order valence-corrected chi connectivity index (χ1v) is 6.90. The minimum atomic E-state index is -0.667. The number of carbonyl (C=O) groups is 2. The van der Waals surface area contributed by atoms with Gasteiger partial charge in [0.15, 0.2) is 6.10 Å². The third kappa shape index (κ3) is 4.09. The molecule has 5 heteroatoms. The summed E-state index contributed by atoms with van der Waals surface area (Å²) in [5.41, 5.74) is 7.17. The van der Waals surface area contributed by atoms with Gasteiger partial charge >= 0.3 is 0 Å². The molecule has 2 amide bonds. The van der Waals surface area contributed by atoms with Crippen LogP contribution < -0.4 is 15.8 Å². The molecule has 5 nitrogen and oxygen atoms in total. The van der Waals surface area contributed by atoms with Crippen molar-refractivity contribution in [2.75, 3.05) is 5.32 Å². The van der Waals surface area contributed by atoms with Gasteiger partial charge in [0.25, 0.3) is 5.91 Å². The second kappa shape index (κ2) is 6.76. The Labute approximate surface area is 129 Å². The van der Waals surface area contributed by atoms with E-state index in [9.17, 15) is 9.59 Å². The van der Waals surface area contributed by atoms with Crippen LogP contribution in [0.1, 0.15) is 22.8 Å². The maximum Gasteiger partial charge on any atom is 0.265 e. The molecule has 2 rings (SSSR count). The monoisotopic (exact) mass is 298 g/mol. The molecule has 2 aromatic carbocycles. The predicted molar refractivity (Wildman–Crippen MR) is 84.9 cm³/mol. The summed E-state index contributed by atoms with van der Waals surface area (Å²) >= 11 is 0. The van der Waals surface area contributed by atoms with E-state index in [2.05, 4.69) is 5.32 Å². The summed E-state index contributed by atoms with van der Waals surface area (Å²) in [5.74, 6) is -0.221. The fraction of sp³-hybridized carbons (Fsp3) is 0.176. The number of hydrogen-bond donors (Lipinski definition) is 2. The smallest absolute Gasteiger partial charge is 0.265 e. The summed E-state index contributed by atoms with van der Waals surface area (Å²) in [6, 6.07) is 13.9. The molecule has 3 N–H and O–H groups in total. The maximum atomic E-state index is 12.1. The van der Waals surface area contributed by atoms with Crippen LogP contribution in [0.4, 0.5) is 5.69 Å². The summed E-state index contributed by atoms with van der Waals surface area (Å²) in [7, 11) is 0. The van der Waals surface area contributed by atoms with Gasteiger partial charge in [-0.2, -0.15) is 0 Å². The van der Waals surface area contributed by atoms with E-state index in [-0.39, 0.29) is 5.91 Å². The largest absolute Gasteiger partial charge is 0.481 e. The van der Waals surface area contributed by atoms with E-state index in [1.54, 1.807) is 25.1 Å². The lowest BCUT2D eigenvalue weighted by Crippen LogP contribution is -2.30. The quantitative estimate of drug-likeness (QED) is 0.889. The number of anilines is 1. The summed E-state index contributed by atoms with van der Waals surface area (Å²) in [5, 5.41) is 2.70. The molecule has 0 aliphatic rings. The number of rotatable bonds is 5. The van der Waals surface area contributed by atoms with Gasteiger partial charge in [0.2, 0.25) is 5.91 Å². The van der Waals surface area contributed by atoms with Crippen molar-refractivity contribution in [1.82, 2.24) is 0 Å². The van der Waals surface area contributed by atoms with E-state index in [0.717, 1.165) is 5.56 Å². The van der Waals surface area contributed by atoms with Gasteiger partial charge < -0.3 is 15.8 Å². The second-order valence-electron chi connectivity index (χ2n) is 5.01. The normalized spacial score (nSPS) is 11.5. The average Bonchev–Trinajstić information content (AvgIpc) is 2.49. The molecule has 0 spiro atoms. The number of ether oxygens (including phenoxy) is 1. The van der Waals surface area contributed by atoms with Crippen molar-refractivity contribution in [2.45, 2.75) is 20.0 Å². The van der Waals surface area contributed by atoms with Gasteiger partial charge in [-0.1, -0.05) is 23.8 Å². The van der Waals surface area contributed by atoms with Crippen LogP contribution in [0.5, 0.6) is 5.75 Å². The van der Waals surface area contributed by atoms with Crippen LogP contribution >= 0.6 is 0 Å². The molecule has 0 fully saturated rings. The standard InChI is InChI=1S/C17H18N2O3/c1-11-6-8-15(9-7-11)22-12(2)17(21)19-14-5-3-4-13(10-14)16(18)20/h3-10,12H,1-2H3,(H2,18,20)(H,19,21). The van der Waals surface area contributed by atoms with Crippen molar-refractivity contribution in [3.05, 3.63) is 59.7 Å². The lowest BCUT2D eigenvalue weighted by molar-refractivity contribution is -0.122. The highest BCUT2D eigenvalue weighted by Crippen LogP contribution is 2.15. The molecule has 22 heavy (non-hydrogen) atoms. The first-order chi connectivity index (χ1) is 10.5. The molecular weight excluding hydrogens is 280 g/mol. The Morgan fingerprint density at radius 3 is 2.45 bits per heavy atom. The molecule has 0 aromatic heterocycles. The van der Waals surface area contributed by atoms with Gasteiger partial charge in [-0.25, -0.2) is 0 Å².